The van der Waals surface area contributed by atoms with Gasteiger partial charge in [0.25, 0.3) is 0 Å². The number of hydrogen-bond acceptors (Lipinski definition) is 2. The predicted molar refractivity (Wildman–Crippen MR) is 87.6 cm³/mol. The molecule has 0 aliphatic heterocycles. The first-order valence-corrected chi connectivity index (χ1v) is 8.06. The number of aliphatic hydroxyl groups is 1. The minimum Gasteiger partial charge on any atom is -0.496 e. The van der Waals surface area contributed by atoms with Crippen molar-refractivity contribution in [3.05, 3.63) is 63.6 Å². The maximum absolute atomic E-state index is 10.7. The first-order valence-electron chi connectivity index (χ1n) is 7.27. The number of fused-ring (bicyclic) bond motifs is 1. The number of aliphatic hydroxyl groups excluding tert-OH is 1. The Bertz CT molecular complexity index is 639. The summed E-state index contributed by atoms with van der Waals surface area (Å²) in [5.41, 5.74) is 3.51. The fraction of sp³-hybridized carbons (Fsp3) is 0.333. The Hall–Kier alpha value is -1.32. The van der Waals surface area contributed by atoms with Crippen LogP contribution in [0.2, 0.25) is 0 Å². The van der Waals surface area contributed by atoms with E-state index < -0.39 is 6.10 Å². The topological polar surface area (TPSA) is 29.5 Å². The lowest BCUT2D eigenvalue weighted by molar-refractivity contribution is 0.0933. The zero-order valence-electron chi connectivity index (χ0n) is 12.1. The Morgan fingerprint density at radius 2 is 2.05 bits per heavy atom. The lowest BCUT2D eigenvalue weighted by Crippen LogP contribution is -2.22. The van der Waals surface area contributed by atoms with Crippen molar-refractivity contribution in [1.82, 2.24) is 0 Å². The third kappa shape index (κ3) is 2.99. The summed E-state index contributed by atoms with van der Waals surface area (Å²) in [5, 5.41) is 10.7. The minimum absolute atomic E-state index is 0.239. The van der Waals surface area contributed by atoms with Gasteiger partial charge in [0.2, 0.25) is 0 Å². The molecule has 2 nitrogen and oxygen atoms in total. The SMILES string of the molecule is COc1ccc(Br)cc1CC1CCc2ccccc2C1O. The maximum Gasteiger partial charge on any atom is 0.122 e. The fourth-order valence-electron chi connectivity index (χ4n) is 3.21. The highest BCUT2D eigenvalue weighted by Gasteiger charge is 2.28. The van der Waals surface area contributed by atoms with E-state index in [9.17, 15) is 5.11 Å². The summed E-state index contributed by atoms with van der Waals surface area (Å²) in [6.45, 7) is 0. The molecular formula is C18H19BrO2. The monoisotopic (exact) mass is 346 g/mol. The van der Waals surface area contributed by atoms with Crippen molar-refractivity contribution in [1.29, 1.82) is 0 Å². The van der Waals surface area contributed by atoms with Gasteiger partial charge in [-0.15, -0.1) is 0 Å². The molecule has 0 radical (unpaired) electrons. The molecule has 2 atom stereocenters. The number of halogens is 1. The Morgan fingerprint density at radius 3 is 2.86 bits per heavy atom. The zero-order chi connectivity index (χ0) is 14.8. The maximum atomic E-state index is 10.7. The molecule has 0 saturated heterocycles. The molecule has 110 valence electrons. The molecule has 2 unspecified atom stereocenters. The highest BCUT2D eigenvalue weighted by Crippen LogP contribution is 2.38. The Kier molecular flexibility index (Phi) is 4.32. The van der Waals surface area contributed by atoms with Gasteiger partial charge in [-0.3, -0.25) is 0 Å². The van der Waals surface area contributed by atoms with Crippen molar-refractivity contribution in [3.63, 3.8) is 0 Å². The van der Waals surface area contributed by atoms with E-state index in [1.807, 2.05) is 30.3 Å². The van der Waals surface area contributed by atoms with E-state index in [1.165, 1.54) is 5.56 Å². The predicted octanol–water partition coefficient (Wildman–Crippen LogP) is 4.30. The summed E-state index contributed by atoms with van der Waals surface area (Å²) >= 11 is 3.51. The molecule has 1 aliphatic carbocycles. The van der Waals surface area contributed by atoms with E-state index >= 15 is 0 Å². The molecule has 0 spiro atoms. The molecule has 0 aromatic heterocycles. The molecule has 0 heterocycles. The summed E-state index contributed by atoms with van der Waals surface area (Å²) in [7, 11) is 1.69. The lowest BCUT2D eigenvalue weighted by Gasteiger charge is -2.30. The zero-order valence-corrected chi connectivity index (χ0v) is 13.6. The van der Waals surface area contributed by atoms with E-state index in [-0.39, 0.29) is 5.92 Å². The summed E-state index contributed by atoms with van der Waals surface area (Å²) in [4.78, 5) is 0. The van der Waals surface area contributed by atoms with Gasteiger partial charge in [-0.25, -0.2) is 0 Å². The van der Waals surface area contributed by atoms with Gasteiger partial charge in [-0.05, 0) is 60.1 Å². The van der Waals surface area contributed by atoms with Gasteiger partial charge in [0.1, 0.15) is 5.75 Å². The average Bonchev–Trinajstić information content (AvgIpc) is 2.51. The van der Waals surface area contributed by atoms with E-state index in [2.05, 4.69) is 28.1 Å². The number of methoxy groups -OCH3 is 1. The van der Waals surface area contributed by atoms with Gasteiger partial charge in [0.15, 0.2) is 0 Å². The number of aryl methyl sites for hydroxylation is 1. The van der Waals surface area contributed by atoms with Crippen LogP contribution >= 0.6 is 15.9 Å². The van der Waals surface area contributed by atoms with Crippen molar-refractivity contribution in [3.8, 4) is 5.75 Å². The average molecular weight is 347 g/mol. The van der Waals surface area contributed by atoms with Crippen molar-refractivity contribution < 1.29 is 9.84 Å². The molecule has 2 aromatic carbocycles. The van der Waals surface area contributed by atoms with Gasteiger partial charge in [0, 0.05) is 4.47 Å². The Morgan fingerprint density at radius 1 is 1.24 bits per heavy atom. The van der Waals surface area contributed by atoms with E-state index in [0.717, 1.165) is 40.6 Å². The van der Waals surface area contributed by atoms with Crippen molar-refractivity contribution in [2.45, 2.75) is 25.4 Å². The largest absolute Gasteiger partial charge is 0.496 e. The first-order chi connectivity index (χ1) is 10.2. The van der Waals surface area contributed by atoms with Crippen LogP contribution in [0, 0.1) is 5.92 Å². The van der Waals surface area contributed by atoms with Crippen LogP contribution in [0.15, 0.2) is 46.9 Å². The number of hydrogen-bond donors (Lipinski definition) is 1. The van der Waals surface area contributed by atoms with Crippen LogP contribution in [0.3, 0.4) is 0 Å². The summed E-state index contributed by atoms with van der Waals surface area (Å²) in [6.07, 6.45) is 2.49. The summed E-state index contributed by atoms with van der Waals surface area (Å²) < 4.78 is 6.49. The molecule has 0 bridgehead atoms. The van der Waals surface area contributed by atoms with Gasteiger partial charge < -0.3 is 9.84 Å². The Balaban J connectivity index is 1.85. The number of rotatable bonds is 3. The molecule has 3 rings (SSSR count). The minimum atomic E-state index is -0.390. The number of benzene rings is 2. The van der Waals surface area contributed by atoms with Crippen LogP contribution in [0.25, 0.3) is 0 Å². The second kappa shape index (κ2) is 6.20. The molecule has 3 heteroatoms. The van der Waals surface area contributed by atoms with Crippen LogP contribution in [-0.2, 0) is 12.8 Å². The third-order valence-corrected chi connectivity index (χ3v) is 4.82. The molecule has 0 amide bonds. The molecule has 1 N–H and O–H groups in total. The van der Waals surface area contributed by atoms with Crippen molar-refractivity contribution >= 4 is 15.9 Å². The lowest BCUT2D eigenvalue weighted by atomic mass is 9.78. The molecule has 0 saturated carbocycles. The second-order valence-electron chi connectivity index (χ2n) is 5.60. The smallest absolute Gasteiger partial charge is 0.122 e. The van der Waals surface area contributed by atoms with Gasteiger partial charge in [-0.2, -0.15) is 0 Å². The molecule has 2 aromatic rings. The highest BCUT2D eigenvalue weighted by molar-refractivity contribution is 9.10. The van der Waals surface area contributed by atoms with Crippen LogP contribution in [0.4, 0.5) is 0 Å². The molecule has 1 aliphatic rings. The van der Waals surface area contributed by atoms with E-state index in [4.69, 9.17) is 4.74 Å². The van der Waals surface area contributed by atoms with Gasteiger partial charge in [0.05, 0.1) is 13.2 Å². The van der Waals surface area contributed by atoms with Gasteiger partial charge >= 0.3 is 0 Å². The van der Waals surface area contributed by atoms with Crippen LogP contribution < -0.4 is 4.74 Å². The summed E-state index contributed by atoms with van der Waals surface area (Å²) in [5.74, 6) is 1.13. The van der Waals surface area contributed by atoms with Crippen molar-refractivity contribution in [2.75, 3.05) is 7.11 Å². The van der Waals surface area contributed by atoms with Crippen LogP contribution in [0.1, 0.15) is 29.2 Å². The standard InChI is InChI=1S/C18H19BrO2/c1-21-17-9-8-15(19)11-14(17)10-13-7-6-12-4-2-3-5-16(12)18(13)20/h2-5,8-9,11,13,18,20H,6-7,10H2,1H3. The summed E-state index contributed by atoms with van der Waals surface area (Å²) in [6, 6.07) is 14.3. The normalized spacial score (nSPS) is 20.9. The Labute approximate surface area is 133 Å². The molecule has 0 fully saturated rings. The van der Waals surface area contributed by atoms with Crippen LogP contribution in [-0.4, -0.2) is 12.2 Å². The highest BCUT2D eigenvalue weighted by atomic mass is 79.9. The molecular weight excluding hydrogens is 328 g/mol. The second-order valence-corrected chi connectivity index (χ2v) is 6.52. The van der Waals surface area contributed by atoms with Gasteiger partial charge in [-0.1, -0.05) is 40.2 Å². The van der Waals surface area contributed by atoms with Crippen LogP contribution in [0.5, 0.6) is 5.75 Å². The van der Waals surface area contributed by atoms with E-state index in [1.54, 1.807) is 7.11 Å². The first kappa shape index (κ1) is 14.6. The number of ether oxygens (including phenoxy) is 1. The third-order valence-electron chi connectivity index (χ3n) is 4.33. The van der Waals surface area contributed by atoms with Crippen molar-refractivity contribution in [2.24, 2.45) is 5.92 Å². The fourth-order valence-corrected chi connectivity index (χ4v) is 3.61. The quantitative estimate of drug-likeness (QED) is 0.897. The van der Waals surface area contributed by atoms with E-state index in [0.29, 0.717) is 0 Å². The molecule has 21 heavy (non-hydrogen) atoms.